The number of carbonyl (C=O) groups is 1. The molecule has 4 bridgehead atoms. The van der Waals surface area contributed by atoms with Gasteiger partial charge in [0.05, 0.1) is 17.1 Å². The molecule has 1 N–H and O–H groups in total. The number of phenols is 1. The fourth-order valence-electron chi connectivity index (χ4n) is 8.37. The Hall–Kier alpha value is -2.17. The summed E-state index contributed by atoms with van der Waals surface area (Å²) in [7, 11) is 0. The van der Waals surface area contributed by atoms with Crippen molar-refractivity contribution in [3.63, 3.8) is 0 Å². The standard InChI is InChI=1S/C29H33NO3/c31-18-25(21-5-2-1-3-6-21)28-11-4-12-29(33-28)26-15-22-9-10-23(32)16-24(22)27(29,19-28)13-14-30(26)17-20-7-8-20/h1-3,5-6,9-10,16,18,20,25-26,32H,4,7-8,11-15,17,19H2. The van der Waals surface area contributed by atoms with Crippen LogP contribution in [0.5, 0.6) is 5.75 Å². The highest BCUT2D eigenvalue weighted by Crippen LogP contribution is 2.69. The Kier molecular flexibility index (Phi) is 4.24. The first kappa shape index (κ1) is 20.2. The summed E-state index contributed by atoms with van der Waals surface area (Å²) in [5.74, 6) is 0.939. The van der Waals surface area contributed by atoms with Crippen molar-refractivity contribution in [2.45, 2.75) is 79.9 Å². The number of carbonyl (C=O) groups excluding carboxylic acids is 1. The Labute approximate surface area is 195 Å². The zero-order valence-electron chi connectivity index (χ0n) is 19.2. The first-order chi connectivity index (χ1) is 16.1. The van der Waals surface area contributed by atoms with E-state index in [-0.39, 0.29) is 16.9 Å². The van der Waals surface area contributed by atoms with E-state index in [0.29, 0.717) is 11.8 Å². The number of rotatable bonds is 5. The van der Waals surface area contributed by atoms with E-state index in [1.54, 1.807) is 0 Å². The Bertz CT molecular complexity index is 1100. The van der Waals surface area contributed by atoms with Gasteiger partial charge in [-0.15, -0.1) is 0 Å². The van der Waals surface area contributed by atoms with Crippen molar-refractivity contribution >= 4 is 6.29 Å². The molecule has 0 aromatic heterocycles. The number of phenolic OH excluding ortho intramolecular Hbond substituents is 1. The molecule has 4 nitrogen and oxygen atoms in total. The van der Waals surface area contributed by atoms with E-state index in [0.717, 1.165) is 62.8 Å². The second-order valence-electron chi connectivity index (χ2n) is 11.4. The number of aldehydes is 1. The normalized spacial score (nSPS) is 37.8. The van der Waals surface area contributed by atoms with Crippen molar-refractivity contribution in [2.75, 3.05) is 13.1 Å². The third-order valence-electron chi connectivity index (χ3n) is 9.82. The lowest BCUT2D eigenvalue weighted by molar-refractivity contribution is -0.207. The highest BCUT2D eigenvalue weighted by Gasteiger charge is 2.74. The van der Waals surface area contributed by atoms with Crippen molar-refractivity contribution < 1.29 is 14.6 Å². The molecule has 7 rings (SSSR count). The summed E-state index contributed by atoms with van der Waals surface area (Å²) in [6.45, 7) is 2.27. The molecule has 4 heteroatoms. The first-order valence-electron chi connectivity index (χ1n) is 12.9. The van der Waals surface area contributed by atoms with Gasteiger partial charge in [-0.25, -0.2) is 0 Å². The zero-order chi connectivity index (χ0) is 22.3. The number of likely N-dealkylation sites (tertiary alicyclic amines) is 1. The van der Waals surface area contributed by atoms with E-state index in [1.807, 2.05) is 30.3 Å². The predicted molar refractivity (Wildman–Crippen MR) is 126 cm³/mol. The molecule has 2 aromatic carbocycles. The number of nitrogens with zero attached hydrogens (tertiary/aromatic N) is 1. The average Bonchev–Trinajstić information content (AvgIpc) is 3.60. The van der Waals surface area contributed by atoms with Crippen molar-refractivity contribution in [3.8, 4) is 5.75 Å². The van der Waals surface area contributed by atoms with Gasteiger partial charge in [0.15, 0.2) is 0 Å². The van der Waals surface area contributed by atoms with Crippen LogP contribution in [0.1, 0.15) is 67.6 Å². The van der Waals surface area contributed by atoms with Crippen LogP contribution in [0.2, 0.25) is 0 Å². The molecule has 2 aliphatic carbocycles. The van der Waals surface area contributed by atoms with Crippen LogP contribution < -0.4 is 0 Å². The first-order valence-corrected chi connectivity index (χ1v) is 12.9. The Balaban J connectivity index is 1.40. The van der Waals surface area contributed by atoms with Gasteiger partial charge in [-0.2, -0.15) is 0 Å². The molecule has 4 fully saturated rings. The third kappa shape index (κ3) is 2.68. The molecule has 0 amide bonds. The second kappa shape index (κ2) is 6.93. The number of hydrogen-bond acceptors (Lipinski definition) is 4. The number of piperidine rings is 1. The van der Waals surface area contributed by atoms with E-state index >= 15 is 0 Å². The lowest BCUT2D eigenvalue weighted by Gasteiger charge is -2.61. The number of aromatic hydroxyl groups is 1. The Morgan fingerprint density at radius 2 is 1.97 bits per heavy atom. The number of benzene rings is 2. The molecule has 172 valence electrons. The van der Waals surface area contributed by atoms with Crippen molar-refractivity contribution in [3.05, 3.63) is 65.2 Å². The van der Waals surface area contributed by atoms with Crippen LogP contribution in [0.25, 0.3) is 0 Å². The molecule has 3 heterocycles. The maximum absolute atomic E-state index is 12.7. The molecule has 0 radical (unpaired) electrons. The monoisotopic (exact) mass is 443 g/mol. The van der Waals surface area contributed by atoms with Gasteiger partial charge in [0.2, 0.25) is 0 Å². The minimum absolute atomic E-state index is 0.128. The van der Waals surface area contributed by atoms with E-state index < -0.39 is 5.60 Å². The van der Waals surface area contributed by atoms with Gasteiger partial charge in [0, 0.05) is 18.0 Å². The smallest absolute Gasteiger partial charge is 0.130 e. The van der Waals surface area contributed by atoms with Crippen LogP contribution in [0.4, 0.5) is 0 Å². The van der Waals surface area contributed by atoms with Crippen LogP contribution in [0.15, 0.2) is 48.5 Å². The van der Waals surface area contributed by atoms with Gasteiger partial charge < -0.3 is 14.6 Å². The van der Waals surface area contributed by atoms with Gasteiger partial charge in [0.1, 0.15) is 12.0 Å². The number of fused-ring (bicyclic) bond motifs is 2. The second-order valence-corrected chi connectivity index (χ2v) is 11.4. The molecule has 5 unspecified atom stereocenters. The van der Waals surface area contributed by atoms with Gasteiger partial charge in [0.25, 0.3) is 0 Å². The summed E-state index contributed by atoms with van der Waals surface area (Å²) in [4.78, 5) is 15.4. The van der Waals surface area contributed by atoms with Crippen molar-refractivity contribution in [2.24, 2.45) is 5.92 Å². The molecular formula is C29H33NO3. The highest BCUT2D eigenvalue weighted by atomic mass is 16.5. The Morgan fingerprint density at radius 3 is 2.76 bits per heavy atom. The molecular weight excluding hydrogens is 410 g/mol. The predicted octanol–water partition coefficient (Wildman–Crippen LogP) is 4.73. The SMILES string of the molecule is O=CC(c1ccccc1)C12CCCC3(O1)C1Cc4ccc(O)cc4C3(CCN1CC1CC1)C2. The minimum atomic E-state index is -0.470. The fourth-order valence-corrected chi connectivity index (χ4v) is 8.37. The molecule has 1 saturated carbocycles. The molecule has 5 aliphatic rings. The van der Waals surface area contributed by atoms with Gasteiger partial charge in [-0.1, -0.05) is 36.4 Å². The van der Waals surface area contributed by atoms with Gasteiger partial charge in [-0.3, -0.25) is 4.90 Å². The summed E-state index contributed by atoms with van der Waals surface area (Å²) >= 11 is 0. The van der Waals surface area contributed by atoms with E-state index in [9.17, 15) is 9.90 Å². The van der Waals surface area contributed by atoms with Crippen LogP contribution in [0.3, 0.4) is 0 Å². The molecule has 33 heavy (non-hydrogen) atoms. The lowest BCUT2D eigenvalue weighted by Crippen LogP contribution is -2.70. The van der Waals surface area contributed by atoms with Crippen LogP contribution in [0, 0.1) is 5.92 Å². The van der Waals surface area contributed by atoms with Crippen LogP contribution in [-0.4, -0.2) is 46.6 Å². The van der Waals surface area contributed by atoms with E-state index in [2.05, 4.69) is 23.1 Å². The zero-order valence-corrected chi connectivity index (χ0v) is 19.2. The van der Waals surface area contributed by atoms with Crippen LogP contribution in [-0.2, 0) is 21.4 Å². The van der Waals surface area contributed by atoms with Gasteiger partial charge in [-0.05, 0) is 92.7 Å². The van der Waals surface area contributed by atoms with Crippen molar-refractivity contribution in [1.82, 2.24) is 4.90 Å². The Morgan fingerprint density at radius 1 is 1.12 bits per heavy atom. The topological polar surface area (TPSA) is 49.8 Å². The molecule has 5 atom stereocenters. The molecule has 3 aliphatic heterocycles. The molecule has 1 spiro atoms. The summed E-state index contributed by atoms with van der Waals surface area (Å²) in [6, 6.07) is 16.6. The van der Waals surface area contributed by atoms with Crippen molar-refractivity contribution in [1.29, 1.82) is 0 Å². The van der Waals surface area contributed by atoms with Gasteiger partial charge >= 0.3 is 0 Å². The summed E-state index contributed by atoms with van der Waals surface area (Å²) in [5.41, 5.74) is 2.87. The lowest BCUT2D eigenvalue weighted by atomic mass is 9.53. The highest BCUT2D eigenvalue weighted by molar-refractivity contribution is 5.66. The number of hydrogen-bond donors (Lipinski definition) is 1. The molecule has 2 aromatic rings. The van der Waals surface area contributed by atoms with E-state index in [1.165, 1.54) is 30.5 Å². The summed E-state index contributed by atoms with van der Waals surface area (Å²) in [6.07, 6.45) is 9.86. The third-order valence-corrected chi connectivity index (χ3v) is 9.82. The van der Waals surface area contributed by atoms with E-state index in [4.69, 9.17) is 4.74 Å². The number of ether oxygens (including phenoxy) is 1. The average molecular weight is 444 g/mol. The maximum Gasteiger partial charge on any atom is 0.130 e. The fraction of sp³-hybridized carbons (Fsp3) is 0.552. The quantitative estimate of drug-likeness (QED) is 0.679. The summed E-state index contributed by atoms with van der Waals surface area (Å²) in [5, 5.41) is 10.5. The minimum Gasteiger partial charge on any atom is -0.508 e. The largest absolute Gasteiger partial charge is 0.508 e. The molecule has 3 saturated heterocycles. The maximum atomic E-state index is 12.7. The van der Waals surface area contributed by atoms with Crippen LogP contribution >= 0.6 is 0 Å². The summed E-state index contributed by atoms with van der Waals surface area (Å²) < 4.78 is 7.42.